The first kappa shape index (κ1) is 11.0. The Morgan fingerprint density at radius 1 is 1.57 bits per heavy atom. The van der Waals surface area contributed by atoms with Crippen molar-refractivity contribution in [2.75, 3.05) is 13.6 Å². The van der Waals surface area contributed by atoms with E-state index in [1.54, 1.807) is 0 Å². The zero-order valence-corrected chi connectivity index (χ0v) is 8.88. The lowest BCUT2D eigenvalue weighted by molar-refractivity contribution is 0.372. The molecule has 1 aromatic rings. The molecular formula is C10H14ClN3. The first-order valence-electron chi connectivity index (χ1n) is 4.34. The maximum absolute atomic E-state index is 7.14. The Morgan fingerprint density at radius 3 is 2.86 bits per heavy atom. The van der Waals surface area contributed by atoms with Crippen molar-refractivity contribution >= 4 is 17.4 Å². The number of nitrogens with one attached hydrogen (secondary N) is 1. The van der Waals surface area contributed by atoms with Gasteiger partial charge in [0, 0.05) is 11.6 Å². The number of likely N-dealkylation sites (N-methyl/N-ethyl adjacent to an activating group) is 1. The highest BCUT2D eigenvalue weighted by molar-refractivity contribution is 6.30. The molecule has 3 N–H and O–H groups in total. The molecule has 0 saturated carbocycles. The summed E-state index contributed by atoms with van der Waals surface area (Å²) >= 11 is 5.85. The van der Waals surface area contributed by atoms with Gasteiger partial charge in [0.25, 0.3) is 0 Å². The first-order valence-corrected chi connectivity index (χ1v) is 4.71. The van der Waals surface area contributed by atoms with Crippen LogP contribution in [0.25, 0.3) is 0 Å². The van der Waals surface area contributed by atoms with Gasteiger partial charge in [0.2, 0.25) is 0 Å². The monoisotopic (exact) mass is 211 g/mol. The fourth-order valence-electron chi connectivity index (χ4n) is 1.29. The molecule has 0 atom stereocenters. The Kier molecular flexibility index (Phi) is 3.92. The predicted molar refractivity (Wildman–Crippen MR) is 59.7 cm³/mol. The van der Waals surface area contributed by atoms with E-state index in [2.05, 4.69) is 0 Å². The average Bonchev–Trinajstić information content (AvgIpc) is 2.01. The molecule has 0 spiro atoms. The van der Waals surface area contributed by atoms with Crippen molar-refractivity contribution < 1.29 is 0 Å². The first-order chi connectivity index (χ1) is 6.58. The Bertz CT molecular complexity index is 325. The molecule has 0 amide bonds. The van der Waals surface area contributed by atoms with Crippen molar-refractivity contribution in [3.05, 3.63) is 34.9 Å². The number of nitrogens with two attached hydrogens (primary N) is 1. The molecular weight excluding hydrogens is 198 g/mol. The molecule has 0 aliphatic rings. The quantitative estimate of drug-likeness (QED) is 0.589. The maximum Gasteiger partial charge on any atom is 0.105 e. The van der Waals surface area contributed by atoms with E-state index >= 15 is 0 Å². The highest BCUT2D eigenvalue weighted by Crippen LogP contribution is 2.11. The Hall–Kier alpha value is -1.06. The topological polar surface area (TPSA) is 53.1 Å². The van der Waals surface area contributed by atoms with Crippen molar-refractivity contribution in [3.8, 4) is 0 Å². The number of halogens is 1. The molecule has 4 heteroatoms. The molecule has 1 aromatic carbocycles. The Labute approximate surface area is 89.0 Å². The van der Waals surface area contributed by atoms with Gasteiger partial charge in [0.1, 0.15) is 5.84 Å². The third kappa shape index (κ3) is 3.77. The fraction of sp³-hybridized carbons (Fsp3) is 0.300. The van der Waals surface area contributed by atoms with Crippen molar-refractivity contribution in [2.24, 2.45) is 5.73 Å². The maximum atomic E-state index is 7.14. The Balaban J connectivity index is 2.55. The molecule has 1 rings (SSSR count). The lowest BCUT2D eigenvalue weighted by Crippen LogP contribution is -2.29. The predicted octanol–water partition coefficient (Wildman–Crippen LogP) is 1.71. The van der Waals surface area contributed by atoms with Gasteiger partial charge in [-0.15, -0.1) is 0 Å². The molecule has 0 aliphatic carbocycles. The van der Waals surface area contributed by atoms with E-state index in [0.29, 0.717) is 6.54 Å². The average molecular weight is 212 g/mol. The molecule has 0 aliphatic heterocycles. The van der Waals surface area contributed by atoms with Crippen LogP contribution in [0.5, 0.6) is 0 Å². The van der Waals surface area contributed by atoms with Gasteiger partial charge in [-0.05, 0) is 24.7 Å². The summed E-state index contributed by atoms with van der Waals surface area (Å²) in [7, 11) is 1.92. The summed E-state index contributed by atoms with van der Waals surface area (Å²) in [6, 6.07) is 7.68. The SMILES string of the molecule is CN(CC(=N)N)Cc1cccc(Cl)c1. The van der Waals surface area contributed by atoms with E-state index in [9.17, 15) is 0 Å². The van der Waals surface area contributed by atoms with Crippen LogP contribution in [-0.4, -0.2) is 24.3 Å². The molecule has 76 valence electrons. The van der Waals surface area contributed by atoms with Crippen molar-refractivity contribution in [3.63, 3.8) is 0 Å². The molecule has 0 bridgehead atoms. The summed E-state index contributed by atoms with van der Waals surface area (Å²) in [5, 5.41) is 7.88. The summed E-state index contributed by atoms with van der Waals surface area (Å²) in [5.41, 5.74) is 6.42. The number of rotatable bonds is 4. The third-order valence-corrected chi connectivity index (χ3v) is 2.02. The minimum absolute atomic E-state index is 0.175. The van der Waals surface area contributed by atoms with Gasteiger partial charge in [-0.2, -0.15) is 0 Å². The van der Waals surface area contributed by atoms with Crippen molar-refractivity contribution in [2.45, 2.75) is 6.54 Å². The van der Waals surface area contributed by atoms with E-state index in [4.69, 9.17) is 22.7 Å². The second-order valence-corrected chi connectivity index (χ2v) is 3.76. The zero-order chi connectivity index (χ0) is 10.6. The van der Waals surface area contributed by atoms with Crippen LogP contribution in [0.15, 0.2) is 24.3 Å². The second-order valence-electron chi connectivity index (χ2n) is 3.33. The smallest absolute Gasteiger partial charge is 0.105 e. The third-order valence-electron chi connectivity index (χ3n) is 1.78. The number of amidine groups is 1. The molecule has 0 unspecified atom stereocenters. The summed E-state index contributed by atoms with van der Waals surface area (Å²) in [5.74, 6) is 0.175. The van der Waals surface area contributed by atoms with Crippen molar-refractivity contribution in [1.82, 2.24) is 4.90 Å². The van der Waals surface area contributed by atoms with E-state index in [-0.39, 0.29) is 5.84 Å². The summed E-state index contributed by atoms with van der Waals surface area (Å²) in [4.78, 5) is 1.97. The van der Waals surface area contributed by atoms with Crippen LogP contribution >= 0.6 is 11.6 Å². The summed E-state index contributed by atoms with van der Waals surface area (Å²) in [6.45, 7) is 1.23. The highest BCUT2D eigenvalue weighted by Gasteiger charge is 2.01. The molecule has 0 fully saturated rings. The van der Waals surface area contributed by atoms with Crippen LogP contribution in [0.2, 0.25) is 5.02 Å². The van der Waals surface area contributed by atoms with E-state index < -0.39 is 0 Å². The molecule has 0 aromatic heterocycles. The minimum atomic E-state index is 0.175. The molecule has 3 nitrogen and oxygen atoms in total. The van der Waals surface area contributed by atoms with Gasteiger partial charge < -0.3 is 5.73 Å². The minimum Gasteiger partial charge on any atom is -0.387 e. The zero-order valence-electron chi connectivity index (χ0n) is 8.13. The van der Waals surface area contributed by atoms with Crippen LogP contribution in [0, 0.1) is 5.41 Å². The van der Waals surface area contributed by atoms with Crippen LogP contribution in [-0.2, 0) is 6.54 Å². The fourth-order valence-corrected chi connectivity index (χ4v) is 1.51. The lowest BCUT2D eigenvalue weighted by Gasteiger charge is -2.15. The van der Waals surface area contributed by atoms with Gasteiger partial charge in [-0.3, -0.25) is 10.3 Å². The van der Waals surface area contributed by atoms with E-state index in [1.165, 1.54) is 0 Å². The van der Waals surface area contributed by atoms with Crippen LogP contribution in [0.4, 0.5) is 0 Å². The van der Waals surface area contributed by atoms with E-state index in [0.717, 1.165) is 17.1 Å². The van der Waals surface area contributed by atoms with Crippen LogP contribution in [0.3, 0.4) is 0 Å². The van der Waals surface area contributed by atoms with Crippen LogP contribution < -0.4 is 5.73 Å². The Morgan fingerprint density at radius 2 is 2.29 bits per heavy atom. The van der Waals surface area contributed by atoms with Gasteiger partial charge in [-0.1, -0.05) is 23.7 Å². The number of benzene rings is 1. The summed E-state index contributed by atoms with van der Waals surface area (Å²) < 4.78 is 0. The normalized spacial score (nSPS) is 10.5. The van der Waals surface area contributed by atoms with E-state index in [1.807, 2.05) is 36.2 Å². The second kappa shape index (κ2) is 4.98. The summed E-state index contributed by atoms with van der Waals surface area (Å²) in [6.07, 6.45) is 0. The largest absolute Gasteiger partial charge is 0.387 e. The van der Waals surface area contributed by atoms with Gasteiger partial charge in [0.15, 0.2) is 0 Å². The van der Waals surface area contributed by atoms with Gasteiger partial charge in [-0.25, -0.2) is 0 Å². The lowest BCUT2D eigenvalue weighted by atomic mass is 10.2. The number of hydrogen-bond donors (Lipinski definition) is 2. The molecule has 0 saturated heterocycles. The van der Waals surface area contributed by atoms with Gasteiger partial charge >= 0.3 is 0 Å². The van der Waals surface area contributed by atoms with Crippen LogP contribution in [0.1, 0.15) is 5.56 Å². The highest BCUT2D eigenvalue weighted by atomic mass is 35.5. The number of hydrogen-bond acceptors (Lipinski definition) is 2. The van der Waals surface area contributed by atoms with Crippen molar-refractivity contribution in [1.29, 1.82) is 5.41 Å². The van der Waals surface area contributed by atoms with Gasteiger partial charge in [0.05, 0.1) is 6.54 Å². The molecule has 0 radical (unpaired) electrons. The standard InChI is InChI=1S/C10H14ClN3/c1-14(7-10(12)13)6-8-3-2-4-9(11)5-8/h2-5H,6-7H2,1H3,(H3,12,13). The molecule has 0 heterocycles. The number of nitrogens with zero attached hydrogens (tertiary/aromatic N) is 1. The molecule has 14 heavy (non-hydrogen) atoms.